The Morgan fingerprint density at radius 1 is 1.00 bits per heavy atom. The van der Waals surface area contributed by atoms with E-state index in [9.17, 15) is 24.6 Å². The maximum atomic E-state index is 12.6. The van der Waals surface area contributed by atoms with Crippen molar-refractivity contribution in [2.24, 2.45) is 0 Å². The van der Waals surface area contributed by atoms with E-state index < -0.39 is 17.8 Å². The van der Waals surface area contributed by atoms with Crippen LogP contribution in [0, 0.1) is 0 Å². The predicted octanol–water partition coefficient (Wildman–Crippen LogP) is 2.53. The summed E-state index contributed by atoms with van der Waals surface area (Å²) in [7, 11) is 0. The first kappa shape index (κ1) is 16.7. The predicted molar refractivity (Wildman–Crippen MR) is 92.9 cm³/mol. The Labute approximate surface area is 150 Å². The molecule has 0 aliphatic carbocycles. The highest BCUT2D eigenvalue weighted by molar-refractivity contribution is 9.10. The SMILES string of the molecule is O=C1NC(=O)N(c2ccc(O)cc2)C(=O)C1=Cc1ccc(O)c(Br)c1. The number of nitrogens with zero attached hydrogens (tertiary/aromatic N) is 1. The molecule has 0 spiro atoms. The van der Waals surface area contributed by atoms with Crippen LogP contribution >= 0.6 is 15.9 Å². The Morgan fingerprint density at radius 3 is 2.32 bits per heavy atom. The van der Waals surface area contributed by atoms with Gasteiger partial charge in [0.2, 0.25) is 0 Å². The molecule has 0 aromatic heterocycles. The number of rotatable bonds is 2. The number of hydrogen-bond donors (Lipinski definition) is 3. The van der Waals surface area contributed by atoms with Gasteiger partial charge in [0.15, 0.2) is 0 Å². The van der Waals surface area contributed by atoms with Crippen LogP contribution in [0.4, 0.5) is 10.5 Å². The number of benzene rings is 2. The van der Waals surface area contributed by atoms with Crippen molar-refractivity contribution in [2.75, 3.05) is 4.90 Å². The third-order valence-electron chi connectivity index (χ3n) is 3.49. The average molecular weight is 403 g/mol. The molecule has 3 rings (SSSR count). The highest BCUT2D eigenvalue weighted by Crippen LogP contribution is 2.27. The van der Waals surface area contributed by atoms with Gasteiger partial charge in [0.1, 0.15) is 17.1 Å². The first-order chi connectivity index (χ1) is 11.9. The van der Waals surface area contributed by atoms with Gasteiger partial charge in [0.25, 0.3) is 11.8 Å². The monoisotopic (exact) mass is 402 g/mol. The van der Waals surface area contributed by atoms with Crippen molar-refractivity contribution in [1.82, 2.24) is 5.32 Å². The van der Waals surface area contributed by atoms with Crippen LogP contribution in [-0.2, 0) is 9.59 Å². The normalized spacial score (nSPS) is 16.3. The second-order valence-electron chi connectivity index (χ2n) is 5.19. The van der Waals surface area contributed by atoms with E-state index in [0.717, 1.165) is 4.90 Å². The summed E-state index contributed by atoms with van der Waals surface area (Å²) in [6, 6.07) is 9.02. The minimum absolute atomic E-state index is 0.0162. The number of urea groups is 1. The van der Waals surface area contributed by atoms with E-state index in [-0.39, 0.29) is 22.8 Å². The summed E-state index contributed by atoms with van der Waals surface area (Å²) in [6.07, 6.45) is 1.32. The molecular formula is C17H11BrN2O5. The standard InChI is InChI=1S/C17H11BrN2O5/c18-13-8-9(1-6-14(13)22)7-12-15(23)19-17(25)20(16(12)24)10-2-4-11(21)5-3-10/h1-8,21-22H,(H,19,23,25). The van der Waals surface area contributed by atoms with Crippen molar-refractivity contribution in [1.29, 1.82) is 0 Å². The second kappa shape index (κ2) is 6.40. The topological polar surface area (TPSA) is 107 Å². The number of aromatic hydroxyl groups is 2. The summed E-state index contributed by atoms with van der Waals surface area (Å²) >= 11 is 3.15. The Morgan fingerprint density at radius 2 is 1.68 bits per heavy atom. The van der Waals surface area contributed by atoms with Crippen molar-refractivity contribution in [3.05, 3.63) is 58.1 Å². The van der Waals surface area contributed by atoms with Gasteiger partial charge in [0, 0.05) is 0 Å². The first-order valence-electron chi connectivity index (χ1n) is 7.06. The maximum Gasteiger partial charge on any atom is 0.335 e. The number of nitrogens with one attached hydrogen (secondary N) is 1. The summed E-state index contributed by atoms with van der Waals surface area (Å²) < 4.78 is 0.400. The number of phenols is 2. The molecule has 1 heterocycles. The molecule has 1 aliphatic heterocycles. The molecule has 8 heteroatoms. The number of phenolic OH excluding ortho intramolecular Hbond substituents is 2. The number of carbonyl (C=O) groups is 3. The number of barbiturate groups is 1. The van der Waals surface area contributed by atoms with E-state index in [2.05, 4.69) is 21.2 Å². The fraction of sp³-hybridized carbons (Fsp3) is 0. The summed E-state index contributed by atoms with van der Waals surface area (Å²) in [5.74, 6) is -1.60. The zero-order valence-electron chi connectivity index (χ0n) is 12.6. The molecule has 126 valence electrons. The lowest BCUT2D eigenvalue weighted by atomic mass is 10.1. The Hall–Kier alpha value is -3.13. The van der Waals surface area contributed by atoms with Crippen LogP contribution < -0.4 is 10.2 Å². The van der Waals surface area contributed by atoms with Gasteiger partial charge in [-0.2, -0.15) is 0 Å². The van der Waals surface area contributed by atoms with Gasteiger partial charge in [0.05, 0.1) is 10.2 Å². The lowest BCUT2D eigenvalue weighted by molar-refractivity contribution is -0.122. The quantitative estimate of drug-likeness (QED) is 0.528. The molecule has 0 radical (unpaired) electrons. The van der Waals surface area contributed by atoms with Crippen molar-refractivity contribution in [2.45, 2.75) is 0 Å². The smallest absolute Gasteiger partial charge is 0.335 e. The molecule has 1 aliphatic rings. The minimum Gasteiger partial charge on any atom is -0.508 e. The summed E-state index contributed by atoms with van der Waals surface area (Å²) in [5.41, 5.74) is 0.471. The molecule has 0 saturated carbocycles. The van der Waals surface area contributed by atoms with Crippen molar-refractivity contribution < 1.29 is 24.6 Å². The summed E-state index contributed by atoms with van der Waals surface area (Å²) in [5, 5.41) is 20.9. The fourth-order valence-electron chi connectivity index (χ4n) is 2.27. The van der Waals surface area contributed by atoms with Gasteiger partial charge < -0.3 is 10.2 Å². The molecular weight excluding hydrogens is 392 g/mol. The van der Waals surface area contributed by atoms with Crippen LogP contribution in [0.25, 0.3) is 6.08 Å². The molecule has 7 nitrogen and oxygen atoms in total. The van der Waals surface area contributed by atoms with Gasteiger partial charge in [-0.15, -0.1) is 0 Å². The first-order valence-corrected chi connectivity index (χ1v) is 7.85. The van der Waals surface area contributed by atoms with Crippen LogP contribution in [-0.4, -0.2) is 28.1 Å². The number of anilines is 1. The van der Waals surface area contributed by atoms with Crippen LogP contribution in [0.2, 0.25) is 0 Å². The number of hydrogen-bond acceptors (Lipinski definition) is 5. The number of imide groups is 2. The van der Waals surface area contributed by atoms with Gasteiger partial charge in [-0.1, -0.05) is 6.07 Å². The largest absolute Gasteiger partial charge is 0.508 e. The molecule has 1 saturated heterocycles. The highest BCUT2D eigenvalue weighted by atomic mass is 79.9. The zero-order chi connectivity index (χ0) is 18.1. The van der Waals surface area contributed by atoms with E-state index in [0.29, 0.717) is 10.0 Å². The second-order valence-corrected chi connectivity index (χ2v) is 6.04. The third kappa shape index (κ3) is 3.24. The van der Waals surface area contributed by atoms with Gasteiger partial charge >= 0.3 is 6.03 Å². The lowest BCUT2D eigenvalue weighted by Crippen LogP contribution is -2.54. The van der Waals surface area contributed by atoms with Crippen LogP contribution in [0.5, 0.6) is 11.5 Å². The van der Waals surface area contributed by atoms with Crippen LogP contribution in [0.15, 0.2) is 52.5 Å². The highest BCUT2D eigenvalue weighted by Gasteiger charge is 2.36. The number of carbonyl (C=O) groups excluding carboxylic acids is 3. The summed E-state index contributed by atoms with van der Waals surface area (Å²) in [6.45, 7) is 0. The van der Waals surface area contributed by atoms with Crippen LogP contribution in [0.3, 0.4) is 0 Å². The Kier molecular flexibility index (Phi) is 4.28. The molecule has 0 bridgehead atoms. The van der Waals surface area contributed by atoms with Crippen molar-refractivity contribution in [3.63, 3.8) is 0 Å². The molecule has 0 unspecified atom stereocenters. The van der Waals surface area contributed by atoms with Gasteiger partial charge in [-0.25, -0.2) is 9.69 Å². The Bertz CT molecular complexity index is 921. The molecule has 3 N–H and O–H groups in total. The average Bonchev–Trinajstić information content (AvgIpc) is 2.56. The fourth-order valence-corrected chi connectivity index (χ4v) is 2.67. The van der Waals surface area contributed by atoms with E-state index in [1.54, 1.807) is 0 Å². The van der Waals surface area contributed by atoms with Crippen molar-refractivity contribution >= 4 is 45.5 Å². The van der Waals surface area contributed by atoms with E-state index in [1.807, 2.05) is 0 Å². The minimum atomic E-state index is -0.871. The molecule has 4 amide bonds. The van der Waals surface area contributed by atoms with E-state index in [1.165, 1.54) is 48.5 Å². The summed E-state index contributed by atoms with van der Waals surface area (Å²) in [4.78, 5) is 37.5. The molecule has 2 aromatic carbocycles. The third-order valence-corrected chi connectivity index (χ3v) is 4.13. The molecule has 1 fully saturated rings. The Balaban J connectivity index is 2.01. The number of amides is 4. The van der Waals surface area contributed by atoms with Gasteiger partial charge in [-0.3, -0.25) is 14.9 Å². The lowest BCUT2D eigenvalue weighted by Gasteiger charge is -2.26. The zero-order valence-corrected chi connectivity index (χ0v) is 14.1. The molecule has 2 aromatic rings. The maximum absolute atomic E-state index is 12.6. The van der Waals surface area contributed by atoms with Crippen LogP contribution in [0.1, 0.15) is 5.56 Å². The van der Waals surface area contributed by atoms with Gasteiger partial charge in [-0.05, 0) is 64.0 Å². The van der Waals surface area contributed by atoms with E-state index in [4.69, 9.17) is 0 Å². The van der Waals surface area contributed by atoms with E-state index >= 15 is 0 Å². The molecule has 25 heavy (non-hydrogen) atoms. The molecule has 0 atom stereocenters. The van der Waals surface area contributed by atoms with Crippen molar-refractivity contribution in [3.8, 4) is 11.5 Å². The number of halogens is 1.